The van der Waals surface area contributed by atoms with E-state index in [2.05, 4.69) is 19.1 Å². The molecule has 2 aromatic rings. The van der Waals surface area contributed by atoms with Crippen LogP contribution in [-0.4, -0.2) is 23.0 Å². The van der Waals surface area contributed by atoms with Crippen LogP contribution in [0.2, 0.25) is 10.0 Å². The maximum atomic E-state index is 13.4. The first-order valence-electron chi connectivity index (χ1n) is 15.1. The van der Waals surface area contributed by atoms with E-state index in [-0.39, 0.29) is 17.8 Å². The molecule has 2 rings (SSSR count). The molecule has 40 heavy (non-hydrogen) atoms. The molecular weight excluding hydrogens is 543 g/mol. The molecule has 0 saturated heterocycles. The number of ether oxygens (including phenoxy) is 1. The quantitative estimate of drug-likeness (QED) is 0.147. The molecule has 0 saturated carbocycles. The van der Waals surface area contributed by atoms with Crippen LogP contribution < -0.4 is 0 Å². The molecule has 0 heterocycles. The van der Waals surface area contributed by atoms with Gasteiger partial charge in [-0.05, 0) is 75.1 Å². The minimum Gasteiger partial charge on any atom is -0.481 e. The number of aliphatic carboxylic acids is 1. The van der Waals surface area contributed by atoms with Crippen LogP contribution in [0.1, 0.15) is 115 Å². The number of carboxylic acid groups (broad SMARTS) is 1. The highest BCUT2D eigenvalue weighted by atomic mass is 35.5. The van der Waals surface area contributed by atoms with Crippen molar-refractivity contribution in [3.63, 3.8) is 0 Å². The highest BCUT2D eigenvalue weighted by molar-refractivity contribution is 6.42. The Morgan fingerprint density at radius 1 is 0.850 bits per heavy atom. The number of hydrogen-bond acceptors (Lipinski definition) is 3. The van der Waals surface area contributed by atoms with Crippen molar-refractivity contribution in [2.45, 2.75) is 122 Å². The van der Waals surface area contributed by atoms with E-state index in [0.717, 1.165) is 50.5 Å². The zero-order valence-corrected chi connectivity index (χ0v) is 26.1. The molecule has 222 valence electrons. The number of carbonyl (C=O) groups excluding carboxylic acids is 1. The second-order valence-corrected chi connectivity index (χ2v) is 11.9. The average molecular weight is 592 g/mol. The van der Waals surface area contributed by atoms with E-state index < -0.39 is 11.4 Å². The van der Waals surface area contributed by atoms with E-state index in [9.17, 15) is 14.7 Å². The zero-order valence-electron chi connectivity index (χ0n) is 24.6. The van der Waals surface area contributed by atoms with Gasteiger partial charge in [-0.3, -0.25) is 9.59 Å². The molecule has 3 unspecified atom stereocenters. The third-order valence-corrected chi connectivity index (χ3v) is 8.97. The van der Waals surface area contributed by atoms with Gasteiger partial charge in [0, 0.05) is 0 Å². The van der Waals surface area contributed by atoms with Crippen molar-refractivity contribution in [1.29, 1.82) is 0 Å². The Morgan fingerprint density at radius 2 is 1.52 bits per heavy atom. The van der Waals surface area contributed by atoms with Crippen molar-refractivity contribution in [2.75, 3.05) is 0 Å². The molecule has 0 spiro atoms. The van der Waals surface area contributed by atoms with Crippen molar-refractivity contribution >= 4 is 35.0 Å². The van der Waals surface area contributed by atoms with Crippen molar-refractivity contribution in [1.82, 2.24) is 0 Å². The minimum absolute atomic E-state index is 0.135. The highest BCUT2D eigenvalue weighted by Gasteiger charge is 2.37. The lowest BCUT2D eigenvalue weighted by atomic mass is 9.69. The molecule has 0 radical (unpaired) electrons. The van der Waals surface area contributed by atoms with E-state index in [1.54, 1.807) is 13.0 Å². The Labute approximate surface area is 251 Å². The number of halogens is 2. The molecule has 0 bridgehead atoms. The predicted molar refractivity (Wildman–Crippen MR) is 166 cm³/mol. The van der Waals surface area contributed by atoms with E-state index in [0.29, 0.717) is 42.3 Å². The van der Waals surface area contributed by atoms with Gasteiger partial charge in [0.05, 0.1) is 34.1 Å². The fourth-order valence-corrected chi connectivity index (χ4v) is 5.91. The molecule has 0 aliphatic rings. The Morgan fingerprint density at radius 3 is 2.15 bits per heavy atom. The van der Waals surface area contributed by atoms with Gasteiger partial charge >= 0.3 is 5.97 Å². The summed E-state index contributed by atoms with van der Waals surface area (Å²) in [5.74, 6) is -0.886. The van der Waals surface area contributed by atoms with Gasteiger partial charge in [0.15, 0.2) is 0 Å². The van der Waals surface area contributed by atoms with Crippen LogP contribution in [0.15, 0.2) is 48.5 Å². The summed E-state index contributed by atoms with van der Waals surface area (Å²) in [7, 11) is 0. The minimum atomic E-state index is -0.723. The maximum absolute atomic E-state index is 13.4. The Hall–Kier alpha value is -1.88. The number of Topliss-reactive ketones (excluding diaryl/α,β-unsaturated/α-hetero) is 1. The van der Waals surface area contributed by atoms with E-state index in [1.165, 1.54) is 18.4 Å². The lowest BCUT2D eigenvalue weighted by Gasteiger charge is -2.33. The van der Waals surface area contributed by atoms with Crippen LogP contribution in [-0.2, 0) is 26.3 Å². The molecule has 0 aromatic heterocycles. The first-order valence-corrected chi connectivity index (χ1v) is 15.8. The van der Waals surface area contributed by atoms with Crippen LogP contribution in [0.4, 0.5) is 0 Å². The third kappa shape index (κ3) is 11.2. The molecule has 0 fully saturated rings. The molecule has 3 atom stereocenters. The summed E-state index contributed by atoms with van der Waals surface area (Å²) in [5.41, 5.74) is 1.43. The Balaban J connectivity index is 2.13. The van der Waals surface area contributed by atoms with Crippen molar-refractivity contribution < 1.29 is 19.4 Å². The van der Waals surface area contributed by atoms with Crippen molar-refractivity contribution in [2.24, 2.45) is 5.92 Å². The largest absolute Gasteiger partial charge is 0.481 e. The zero-order chi connectivity index (χ0) is 29.4. The summed E-state index contributed by atoms with van der Waals surface area (Å²) in [6, 6.07) is 15.8. The normalized spacial score (nSPS) is 14.4. The van der Waals surface area contributed by atoms with E-state index >= 15 is 0 Å². The number of ketones is 1. The lowest BCUT2D eigenvalue weighted by molar-refractivity contribution is -0.142. The number of hydrogen-bond donors (Lipinski definition) is 1. The SMILES string of the molecule is CCCCCC(CCCC(CCCCCC(CC)C(=O)O)(C(C)=O)c1ccc(Cl)c(Cl)c1)OCc1ccccc1. The summed E-state index contributed by atoms with van der Waals surface area (Å²) < 4.78 is 6.38. The first kappa shape index (κ1) is 34.3. The molecule has 0 aliphatic carbocycles. The van der Waals surface area contributed by atoms with Crippen LogP contribution in [0.3, 0.4) is 0 Å². The van der Waals surface area contributed by atoms with Gasteiger partial charge in [-0.2, -0.15) is 0 Å². The maximum Gasteiger partial charge on any atom is 0.306 e. The number of benzene rings is 2. The van der Waals surface area contributed by atoms with Gasteiger partial charge in [0.1, 0.15) is 5.78 Å². The van der Waals surface area contributed by atoms with Gasteiger partial charge in [-0.1, -0.05) is 112 Å². The molecule has 4 nitrogen and oxygen atoms in total. The average Bonchev–Trinajstić information content (AvgIpc) is 2.94. The molecular formula is C34H48Cl2O4. The number of carbonyl (C=O) groups is 2. The van der Waals surface area contributed by atoms with Crippen LogP contribution in [0, 0.1) is 5.92 Å². The number of carboxylic acids is 1. The predicted octanol–water partition coefficient (Wildman–Crippen LogP) is 10.2. The smallest absolute Gasteiger partial charge is 0.306 e. The molecule has 6 heteroatoms. The molecule has 2 aromatic carbocycles. The fourth-order valence-electron chi connectivity index (χ4n) is 5.61. The van der Waals surface area contributed by atoms with Crippen molar-refractivity contribution in [3.05, 3.63) is 69.7 Å². The monoisotopic (exact) mass is 590 g/mol. The Bertz CT molecular complexity index is 1030. The van der Waals surface area contributed by atoms with Crippen molar-refractivity contribution in [3.8, 4) is 0 Å². The standard InChI is InChI=1S/C34H48Cl2O4/c1-4-6-9-18-30(40-25-27-15-10-7-11-16-27)19-14-23-34(26(3)37,29-20-21-31(35)32(36)24-29)22-13-8-12-17-28(5-2)33(38)39/h7,10-11,15-16,20-21,24,28,30H,4-6,8-9,12-14,17-19,22-23,25H2,1-3H3,(H,38,39). The summed E-state index contributed by atoms with van der Waals surface area (Å²) in [4.78, 5) is 24.8. The van der Waals surface area contributed by atoms with Gasteiger partial charge < -0.3 is 9.84 Å². The topological polar surface area (TPSA) is 63.6 Å². The van der Waals surface area contributed by atoms with Crippen LogP contribution in [0.25, 0.3) is 0 Å². The van der Waals surface area contributed by atoms with Gasteiger partial charge in [0.25, 0.3) is 0 Å². The Kier molecular flexibility index (Phi) is 15.9. The lowest BCUT2D eigenvalue weighted by Crippen LogP contribution is -2.35. The summed E-state index contributed by atoms with van der Waals surface area (Å²) in [6.07, 6.45) is 11.7. The van der Waals surface area contributed by atoms with Gasteiger partial charge in [0.2, 0.25) is 0 Å². The van der Waals surface area contributed by atoms with E-state index in [4.69, 9.17) is 27.9 Å². The summed E-state index contributed by atoms with van der Waals surface area (Å²) in [5, 5.41) is 10.3. The third-order valence-electron chi connectivity index (χ3n) is 8.23. The van der Waals surface area contributed by atoms with Crippen LogP contribution in [0.5, 0.6) is 0 Å². The second kappa shape index (κ2) is 18.5. The van der Waals surface area contributed by atoms with E-state index in [1.807, 2.05) is 37.3 Å². The fraction of sp³-hybridized carbons (Fsp3) is 0.588. The van der Waals surface area contributed by atoms with Gasteiger partial charge in [-0.15, -0.1) is 0 Å². The highest BCUT2D eigenvalue weighted by Crippen LogP contribution is 2.39. The van der Waals surface area contributed by atoms with Crippen LogP contribution >= 0.6 is 23.2 Å². The summed E-state index contributed by atoms with van der Waals surface area (Å²) >= 11 is 12.7. The summed E-state index contributed by atoms with van der Waals surface area (Å²) in [6.45, 7) is 6.41. The molecule has 1 N–H and O–H groups in total. The first-order chi connectivity index (χ1) is 19.2. The van der Waals surface area contributed by atoms with Gasteiger partial charge in [-0.25, -0.2) is 0 Å². The molecule has 0 amide bonds. The molecule has 0 aliphatic heterocycles. The number of unbranched alkanes of at least 4 members (excludes halogenated alkanes) is 4. The second-order valence-electron chi connectivity index (χ2n) is 11.1. The number of rotatable bonds is 21.